The van der Waals surface area contributed by atoms with Crippen LogP contribution < -0.4 is 5.32 Å². The zero-order valence-electron chi connectivity index (χ0n) is 8.87. The molecule has 3 atom stereocenters. The van der Waals surface area contributed by atoms with E-state index >= 15 is 0 Å². The van der Waals surface area contributed by atoms with Gasteiger partial charge in [-0.2, -0.15) is 0 Å². The van der Waals surface area contributed by atoms with E-state index in [0.717, 1.165) is 13.0 Å². The van der Waals surface area contributed by atoms with Crippen LogP contribution in [-0.2, 0) is 14.3 Å². The lowest BCUT2D eigenvalue weighted by Crippen LogP contribution is -2.38. The number of rotatable bonds is 1. The average Bonchev–Trinajstić information content (AvgIpc) is 2.58. The van der Waals surface area contributed by atoms with Gasteiger partial charge in [0.15, 0.2) is 0 Å². The van der Waals surface area contributed by atoms with Crippen molar-refractivity contribution in [2.24, 2.45) is 5.92 Å². The Kier molecular flexibility index (Phi) is 2.27. The van der Waals surface area contributed by atoms with Gasteiger partial charge in [0, 0.05) is 12.5 Å². The highest BCUT2D eigenvalue weighted by Crippen LogP contribution is 2.39. The molecule has 4 heteroatoms. The fourth-order valence-corrected chi connectivity index (χ4v) is 2.55. The fraction of sp³-hybridized carbons (Fsp3) is 0.900. The third kappa shape index (κ3) is 1.53. The van der Waals surface area contributed by atoms with Crippen LogP contribution in [-0.4, -0.2) is 37.4 Å². The van der Waals surface area contributed by atoms with Crippen molar-refractivity contribution in [1.29, 1.82) is 0 Å². The maximum absolute atomic E-state index is 11.4. The van der Waals surface area contributed by atoms with Crippen LogP contribution in [0.1, 0.15) is 20.3 Å². The fourth-order valence-electron chi connectivity index (χ4n) is 2.55. The summed E-state index contributed by atoms with van der Waals surface area (Å²) in [6.45, 7) is 4.90. The van der Waals surface area contributed by atoms with Crippen LogP contribution in [0.15, 0.2) is 0 Å². The maximum atomic E-state index is 11.4. The van der Waals surface area contributed by atoms with Crippen LogP contribution in [0, 0.1) is 5.92 Å². The van der Waals surface area contributed by atoms with Crippen LogP contribution >= 0.6 is 0 Å². The van der Waals surface area contributed by atoms with E-state index in [1.54, 1.807) is 0 Å². The molecule has 0 aromatic heterocycles. The monoisotopic (exact) mass is 199 g/mol. The maximum Gasteiger partial charge on any atom is 0.323 e. The molecule has 2 unspecified atom stereocenters. The van der Waals surface area contributed by atoms with Crippen molar-refractivity contribution in [1.82, 2.24) is 5.32 Å². The highest BCUT2D eigenvalue weighted by molar-refractivity contribution is 5.76. The third-order valence-corrected chi connectivity index (χ3v) is 3.10. The first-order valence-electron chi connectivity index (χ1n) is 5.02. The quantitative estimate of drug-likeness (QED) is 0.618. The van der Waals surface area contributed by atoms with Gasteiger partial charge in [-0.25, -0.2) is 0 Å². The van der Waals surface area contributed by atoms with Crippen LogP contribution in [0.25, 0.3) is 0 Å². The molecule has 0 radical (unpaired) electrons. The Labute approximate surface area is 84.0 Å². The van der Waals surface area contributed by atoms with Gasteiger partial charge < -0.3 is 14.8 Å². The summed E-state index contributed by atoms with van der Waals surface area (Å²) in [7, 11) is 1.43. The van der Waals surface area contributed by atoms with Crippen LogP contribution in [0.3, 0.4) is 0 Å². The Bertz CT molecular complexity index is 252. The first-order valence-corrected chi connectivity index (χ1v) is 5.02. The molecule has 0 aromatic carbocycles. The van der Waals surface area contributed by atoms with Gasteiger partial charge in [-0.05, 0) is 20.3 Å². The van der Waals surface area contributed by atoms with Crippen molar-refractivity contribution in [2.75, 3.05) is 13.7 Å². The number of carbonyl (C=O) groups is 1. The van der Waals surface area contributed by atoms with Crippen molar-refractivity contribution in [3.63, 3.8) is 0 Å². The number of ether oxygens (including phenoxy) is 2. The SMILES string of the molecule is COC(=O)C1NC[C@@H]2OC(C)(C)CC12. The van der Waals surface area contributed by atoms with Gasteiger partial charge in [-0.15, -0.1) is 0 Å². The second-order valence-electron chi connectivity index (χ2n) is 4.69. The Morgan fingerprint density at radius 2 is 2.29 bits per heavy atom. The minimum absolute atomic E-state index is 0.0935. The van der Waals surface area contributed by atoms with E-state index in [0.29, 0.717) is 0 Å². The summed E-state index contributed by atoms with van der Waals surface area (Å²) in [5.41, 5.74) is -0.0935. The van der Waals surface area contributed by atoms with Crippen LogP contribution in [0.4, 0.5) is 0 Å². The molecule has 4 nitrogen and oxygen atoms in total. The zero-order valence-corrected chi connectivity index (χ0v) is 8.87. The van der Waals surface area contributed by atoms with E-state index in [4.69, 9.17) is 9.47 Å². The minimum Gasteiger partial charge on any atom is -0.468 e. The van der Waals surface area contributed by atoms with E-state index < -0.39 is 0 Å². The number of nitrogens with one attached hydrogen (secondary N) is 1. The summed E-state index contributed by atoms with van der Waals surface area (Å²) < 4.78 is 10.6. The molecule has 2 aliphatic rings. The number of fused-ring (bicyclic) bond motifs is 1. The Balaban J connectivity index is 2.08. The molecule has 0 spiro atoms. The van der Waals surface area contributed by atoms with Gasteiger partial charge in [0.1, 0.15) is 6.04 Å². The van der Waals surface area contributed by atoms with E-state index in [1.807, 2.05) is 0 Å². The minimum atomic E-state index is -0.174. The molecule has 0 amide bonds. The molecule has 1 N–H and O–H groups in total. The molecule has 0 bridgehead atoms. The second-order valence-corrected chi connectivity index (χ2v) is 4.69. The normalized spacial score (nSPS) is 39.5. The first-order chi connectivity index (χ1) is 6.53. The van der Waals surface area contributed by atoms with Gasteiger partial charge in [-0.3, -0.25) is 4.79 Å². The van der Waals surface area contributed by atoms with Crippen molar-refractivity contribution >= 4 is 5.97 Å². The van der Waals surface area contributed by atoms with Gasteiger partial charge in [0.25, 0.3) is 0 Å². The van der Waals surface area contributed by atoms with Crippen molar-refractivity contribution in [3.05, 3.63) is 0 Å². The lowest BCUT2D eigenvalue weighted by Gasteiger charge is -2.20. The summed E-state index contributed by atoms with van der Waals surface area (Å²) >= 11 is 0. The Hall–Kier alpha value is -0.610. The van der Waals surface area contributed by atoms with Crippen LogP contribution in [0.5, 0.6) is 0 Å². The summed E-state index contributed by atoms with van der Waals surface area (Å²) in [5.74, 6) is 0.108. The highest BCUT2D eigenvalue weighted by atomic mass is 16.5. The lowest BCUT2D eigenvalue weighted by molar-refractivity contribution is -0.143. The Morgan fingerprint density at radius 1 is 1.57 bits per heavy atom. The molecule has 80 valence electrons. The highest BCUT2D eigenvalue weighted by Gasteiger charge is 2.50. The molecule has 0 aliphatic carbocycles. The largest absolute Gasteiger partial charge is 0.468 e. The number of hydrogen-bond donors (Lipinski definition) is 1. The molecule has 2 fully saturated rings. The van der Waals surface area contributed by atoms with Gasteiger partial charge in [0.2, 0.25) is 0 Å². The van der Waals surface area contributed by atoms with E-state index in [2.05, 4.69) is 19.2 Å². The molecule has 0 aromatic rings. The second kappa shape index (κ2) is 3.21. The molecular weight excluding hydrogens is 182 g/mol. The lowest BCUT2D eigenvalue weighted by atomic mass is 9.91. The molecule has 2 saturated heterocycles. The molecule has 2 heterocycles. The molecule has 2 aliphatic heterocycles. The van der Waals surface area contributed by atoms with Gasteiger partial charge in [-0.1, -0.05) is 0 Å². The number of carbonyl (C=O) groups excluding carboxylic acids is 1. The smallest absolute Gasteiger partial charge is 0.323 e. The van der Waals surface area contributed by atoms with E-state index in [9.17, 15) is 4.79 Å². The van der Waals surface area contributed by atoms with Crippen molar-refractivity contribution < 1.29 is 14.3 Å². The molecular formula is C10H17NO3. The molecule has 0 saturated carbocycles. The number of methoxy groups -OCH3 is 1. The zero-order chi connectivity index (χ0) is 10.3. The number of esters is 1. The molecule has 2 rings (SSSR count). The van der Waals surface area contributed by atoms with Crippen molar-refractivity contribution in [2.45, 2.75) is 38.0 Å². The summed E-state index contributed by atoms with van der Waals surface area (Å²) in [6.07, 6.45) is 1.10. The average molecular weight is 199 g/mol. The van der Waals surface area contributed by atoms with Gasteiger partial charge >= 0.3 is 5.97 Å². The summed E-state index contributed by atoms with van der Waals surface area (Å²) in [6, 6.07) is -0.174. The topological polar surface area (TPSA) is 47.6 Å². The predicted octanol–water partition coefficient (Wildman–Crippen LogP) is 0.315. The van der Waals surface area contributed by atoms with E-state index in [1.165, 1.54) is 7.11 Å². The number of hydrogen-bond acceptors (Lipinski definition) is 4. The third-order valence-electron chi connectivity index (χ3n) is 3.10. The standard InChI is InChI=1S/C10H17NO3/c1-10(2)4-6-7(14-10)5-11-8(6)9(12)13-3/h6-8,11H,4-5H2,1-3H3/t6?,7-,8?/m0/s1. The van der Waals surface area contributed by atoms with E-state index in [-0.39, 0.29) is 29.6 Å². The van der Waals surface area contributed by atoms with Crippen LogP contribution in [0.2, 0.25) is 0 Å². The first kappa shape index (κ1) is 9.93. The summed E-state index contributed by atoms with van der Waals surface area (Å²) in [5, 5.41) is 3.15. The van der Waals surface area contributed by atoms with Crippen molar-refractivity contribution in [3.8, 4) is 0 Å². The summed E-state index contributed by atoms with van der Waals surface area (Å²) in [4.78, 5) is 11.4. The van der Waals surface area contributed by atoms with Gasteiger partial charge in [0.05, 0.1) is 18.8 Å². The molecule has 14 heavy (non-hydrogen) atoms. The Morgan fingerprint density at radius 3 is 2.93 bits per heavy atom. The predicted molar refractivity (Wildman–Crippen MR) is 50.9 cm³/mol.